The average Bonchev–Trinajstić information content (AvgIpc) is 2.46. The second-order valence-electron chi connectivity index (χ2n) is 4.53. The summed E-state index contributed by atoms with van der Waals surface area (Å²) in [5.74, 6) is 0.0453. The van der Waals surface area contributed by atoms with E-state index in [2.05, 4.69) is 6.07 Å². The van der Waals surface area contributed by atoms with Crippen LogP contribution in [0.4, 0.5) is 5.69 Å². The van der Waals surface area contributed by atoms with Gasteiger partial charge in [-0.1, -0.05) is 6.07 Å². The van der Waals surface area contributed by atoms with Crippen LogP contribution in [0.3, 0.4) is 0 Å². The van der Waals surface area contributed by atoms with Crippen LogP contribution in [0.15, 0.2) is 18.2 Å². The number of carbonyl (C=O) groups is 1. The van der Waals surface area contributed by atoms with Crippen molar-refractivity contribution in [3.05, 3.63) is 23.8 Å². The van der Waals surface area contributed by atoms with Crippen molar-refractivity contribution in [3.8, 4) is 11.8 Å². The minimum Gasteiger partial charge on any atom is -0.491 e. The Kier molecular flexibility index (Phi) is 5.85. The Morgan fingerprint density at radius 2 is 2.20 bits per heavy atom. The second-order valence-corrected chi connectivity index (χ2v) is 4.53. The Hall–Kier alpha value is -2.22. The van der Waals surface area contributed by atoms with Crippen LogP contribution in [0, 0.1) is 17.2 Å². The van der Waals surface area contributed by atoms with E-state index in [0.717, 1.165) is 0 Å². The third kappa shape index (κ3) is 3.64. The van der Waals surface area contributed by atoms with Crippen molar-refractivity contribution >= 4 is 11.6 Å². The van der Waals surface area contributed by atoms with E-state index in [9.17, 15) is 4.79 Å². The molecule has 0 bridgehead atoms. The number of nitrogen functional groups attached to an aromatic ring is 1. The highest BCUT2D eigenvalue weighted by molar-refractivity contribution is 5.98. The molecule has 0 radical (unpaired) electrons. The van der Waals surface area contributed by atoms with Crippen molar-refractivity contribution in [1.29, 1.82) is 5.26 Å². The molecule has 20 heavy (non-hydrogen) atoms. The standard InChI is InChI=1S/C15H21N3O2/c1-4-18(10-11(3)9-16)15(19)12-7-6-8-13(17)14(12)20-5-2/h6-8,11H,4-5,10,17H2,1-3H3. The van der Waals surface area contributed by atoms with Crippen molar-refractivity contribution in [2.24, 2.45) is 5.92 Å². The molecule has 0 heterocycles. The number of nitrogens with two attached hydrogens (primary N) is 1. The number of para-hydroxylation sites is 1. The number of amides is 1. The molecule has 0 aliphatic carbocycles. The molecule has 0 spiro atoms. The molecule has 0 fully saturated rings. The average molecular weight is 275 g/mol. The molecule has 0 saturated carbocycles. The fourth-order valence-electron chi connectivity index (χ4n) is 1.93. The van der Waals surface area contributed by atoms with E-state index in [0.29, 0.717) is 36.7 Å². The Morgan fingerprint density at radius 3 is 2.75 bits per heavy atom. The molecule has 5 nitrogen and oxygen atoms in total. The quantitative estimate of drug-likeness (QED) is 0.808. The molecule has 2 N–H and O–H groups in total. The Labute approximate surface area is 119 Å². The lowest BCUT2D eigenvalue weighted by molar-refractivity contribution is 0.0748. The fraction of sp³-hybridized carbons (Fsp3) is 0.467. The number of nitrogens with zero attached hydrogens (tertiary/aromatic N) is 2. The van der Waals surface area contributed by atoms with Crippen LogP contribution in [-0.2, 0) is 0 Å². The van der Waals surface area contributed by atoms with E-state index in [1.54, 1.807) is 30.0 Å². The van der Waals surface area contributed by atoms with Crippen LogP contribution in [0.1, 0.15) is 31.1 Å². The number of hydrogen-bond donors (Lipinski definition) is 1. The lowest BCUT2D eigenvalue weighted by Crippen LogP contribution is -2.34. The molecule has 5 heteroatoms. The third-order valence-electron chi connectivity index (χ3n) is 2.95. The van der Waals surface area contributed by atoms with Crippen molar-refractivity contribution < 1.29 is 9.53 Å². The summed E-state index contributed by atoms with van der Waals surface area (Å²) in [5, 5.41) is 8.88. The summed E-state index contributed by atoms with van der Waals surface area (Å²) in [4.78, 5) is 14.2. The number of anilines is 1. The highest BCUT2D eigenvalue weighted by Gasteiger charge is 2.21. The lowest BCUT2D eigenvalue weighted by atomic mass is 10.1. The maximum atomic E-state index is 12.6. The number of ether oxygens (including phenoxy) is 1. The highest BCUT2D eigenvalue weighted by Crippen LogP contribution is 2.27. The molecule has 108 valence electrons. The largest absolute Gasteiger partial charge is 0.491 e. The van der Waals surface area contributed by atoms with Gasteiger partial charge in [-0.15, -0.1) is 0 Å². The lowest BCUT2D eigenvalue weighted by Gasteiger charge is -2.23. The first-order valence-corrected chi connectivity index (χ1v) is 6.75. The van der Waals surface area contributed by atoms with Gasteiger partial charge >= 0.3 is 0 Å². The maximum Gasteiger partial charge on any atom is 0.257 e. The Bertz CT molecular complexity index is 508. The smallest absolute Gasteiger partial charge is 0.257 e. The number of benzene rings is 1. The first kappa shape index (κ1) is 15.8. The van der Waals surface area contributed by atoms with Crippen LogP contribution in [-0.4, -0.2) is 30.5 Å². The van der Waals surface area contributed by atoms with E-state index in [1.165, 1.54) is 0 Å². The zero-order valence-corrected chi connectivity index (χ0v) is 12.2. The first-order chi connectivity index (χ1) is 9.54. The summed E-state index contributed by atoms with van der Waals surface area (Å²) in [6, 6.07) is 7.27. The molecule has 0 saturated heterocycles. The summed E-state index contributed by atoms with van der Waals surface area (Å²) in [6.07, 6.45) is 0. The van der Waals surface area contributed by atoms with Crippen LogP contribution in [0.25, 0.3) is 0 Å². The minimum atomic E-state index is -0.212. The number of carbonyl (C=O) groups excluding carboxylic acids is 1. The zero-order valence-electron chi connectivity index (χ0n) is 12.2. The summed E-state index contributed by atoms with van der Waals surface area (Å²) in [5.41, 5.74) is 6.76. The minimum absolute atomic E-state index is 0.162. The van der Waals surface area contributed by atoms with E-state index >= 15 is 0 Å². The molecular formula is C15H21N3O2. The fourth-order valence-corrected chi connectivity index (χ4v) is 1.93. The van der Waals surface area contributed by atoms with Gasteiger partial charge in [0.1, 0.15) is 0 Å². The van der Waals surface area contributed by atoms with Gasteiger partial charge in [-0.2, -0.15) is 5.26 Å². The molecule has 1 amide bonds. The summed E-state index contributed by atoms with van der Waals surface area (Å²) >= 11 is 0. The predicted molar refractivity (Wildman–Crippen MR) is 78.4 cm³/mol. The van der Waals surface area contributed by atoms with Gasteiger partial charge in [0.05, 0.1) is 29.8 Å². The van der Waals surface area contributed by atoms with Crippen LogP contribution in [0.5, 0.6) is 5.75 Å². The van der Waals surface area contributed by atoms with Crippen molar-refractivity contribution in [3.63, 3.8) is 0 Å². The first-order valence-electron chi connectivity index (χ1n) is 6.75. The normalized spacial score (nSPS) is 11.5. The van der Waals surface area contributed by atoms with Crippen molar-refractivity contribution in [2.75, 3.05) is 25.4 Å². The molecule has 1 aromatic rings. The van der Waals surface area contributed by atoms with Crippen LogP contribution in [0.2, 0.25) is 0 Å². The summed E-state index contributed by atoms with van der Waals surface area (Å²) < 4.78 is 5.48. The van der Waals surface area contributed by atoms with Gasteiger partial charge in [-0.3, -0.25) is 4.79 Å². The number of rotatable bonds is 6. The van der Waals surface area contributed by atoms with Crippen molar-refractivity contribution in [1.82, 2.24) is 4.90 Å². The van der Waals surface area contributed by atoms with Gasteiger partial charge < -0.3 is 15.4 Å². The van der Waals surface area contributed by atoms with E-state index in [1.807, 2.05) is 13.8 Å². The zero-order chi connectivity index (χ0) is 15.1. The molecule has 0 aliphatic rings. The number of hydrogen-bond acceptors (Lipinski definition) is 4. The van der Waals surface area contributed by atoms with Gasteiger partial charge in [0.25, 0.3) is 5.91 Å². The van der Waals surface area contributed by atoms with Crippen LogP contribution < -0.4 is 10.5 Å². The van der Waals surface area contributed by atoms with Gasteiger partial charge in [-0.25, -0.2) is 0 Å². The van der Waals surface area contributed by atoms with E-state index in [4.69, 9.17) is 15.7 Å². The summed E-state index contributed by atoms with van der Waals surface area (Å²) in [7, 11) is 0. The van der Waals surface area contributed by atoms with Gasteiger partial charge in [0, 0.05) is 13.1 Å². The molecule has 0 aliphatic heterocycles. The highest BCUT2D eigenvalue weighted by atomic mass is 16.5. The molecule has 1 unspecified atom stereocenters. The summed E-state index contributed by atoms with van der Waals surface area (Å²) in [6.45, 7) is 6.88. The maximum absolute atomic E-state index is 12.6. The van der Waals surface area contributed by atoms with Gasteiger partial charge in [-0.05, 0) is 32.9 Å². The molecule has 1 atom stereocenters. The number of nitriles is 1. The SMILES string of the molecule is CCOc1c(N)cccc1C(=O)N(CC)CC(C)C#N. The second kappa shape index (κ2) is 7.39. The Balaban J connectivity index is 3.06. The monoisotopic (exact) mass is 275 g/mol. The third-order valence-corrected chi connectivity index (χ3v) is 2.95. The van der Waals surface area contributed by atoms with E-state index in [-0.39, 0.29) is 11.8 Å². The van der Waals surface area contributed by atoms with Crippen molar-refractivity contribution in [2.45, 2.75) is 20.8 Å². The topological polar surface area (TPSA) is 79.3 Å². The molecule has 1 aromatic carbocycles. The molecule has 0 aromatic heterocycles. The van der Waals surface area contributed by atoms with Gasteiger partial charge in [0.15, 0.2) is 5.75 Å². The molecular weight excluding hydrogens is 254 g/mol. The van der Waals surface area contributed by atoms with Gasteiger partial charge in [0.2, 0.25) is 0 Å². The van der Waals surface area contributed by atoms with Crippen LogP contribution >= 0.6 is 0 Å². The predicted octanol–water partition coefficient (Wildman–Crippen LogP) is 2.29. The Morgan fingerprint density at radius 1 is 1.50 bits per heavy atom. The van der Waals surface area contributed by atoms with E-state index < -0.39 is 0 Å². The molecule has 1 rings (SSSR count).